The van der Waals surface area contributed by atoms with Gasteiger partial charge in [0, 0.05) is 19.0 Å². The highest BCUT2D eigenvalue weighted by molar-refractivity contribution is 7.89. The topological polar surface area (TPSA) is 37.4 Å². The summed E-state index contributed by atoms with van der Waals surface area (Å²) in [7, 11) is -3.19. The Morgan fingerprint density at radius 1 is 1.24 bits per heavy atom. The number of benzene rings is 1. The fourth-order valence-corrected chi connectivity index (χ4v) is 3.42. The highest BCUT2D eigenvalue weighted by Crippen LogP contribution is 2.06. The molecule has 0 atom stereocenters. The van der Waals surface area contributed by atoms with Gasteiger partial charge in [0.1, 0.15) is 0 Å². The summed E-state index contributed by atoms with van der Waals surface area (Å²) in [5.74, 6) is 0.154. The molecule has 0 N–H and O–H groups in total. The molecule has 0 amide bonds. The fraction of sp³-hybridized carbons (Fsp3) is 0.500. The van der Waals surface area contributed by atoms with Gasteiger partial charge < -0.3 is 0 Å². The highest BCUT2D eigenvalue weighted by atomic mass is 35.5. The number of halogens is 1. The van der Waals surface area contributed by atoms with E-state index < -0.39 is 10.0 Å². The van der Waals surface area contributed by atoms with Gasteiger partial charge in [-0.25, -0.2) is 12.7 Å². The van der Waals surface area contributed by atoms with Crippen LogP contribution in [0.4, 0.5) is 0 Å². The van der Waals surface area contributed by atoms with Crippen molar-refractivity contribution in [1.82, 2.24) is 4.31 Å². The van der Waals surface area contributed by atoms with Crippen molar-refractivity contribution < 1.29 is 8.42 Å². The first kappa shape index (κ1) is 14.5. The summed E-state index contributed by atoms with van der Waals surface area (Å²) in [6, 6.07) is 9.87. The van der Waals surface area contributed by atoms with Crippen LogP contribution in [0, 0.1) is 0 Å². The first-order chi connectivity index (χ1) is 8.10. The second-order valence-electron chi connectivity index (χ2n) is 3.73. The molecule has 0 spiro atoms. The van der Waals surface area contributed by atoms with Crippen molar-refractivity contribution in [1.29, 1.82) is 0 Å². The predicted octanol–water partition coefficient (Wildman–Crippen LogP) is 2.12. The van der Waals surface area contributed by atoms with Gasteiger partial charge in [-0.15, -0.1) is 11.6 Å². The number of hydrogen-bond donors (Lipinski definition) is 0. The van der Waals surface area contributed by atoms with Crippen molar-refractivity contribution >= 4 is 21.6 Å². The van der Waals surface area contributed by atoms with E-state index in [1.807, 2.05) is 37.3 Å². The minimum atomic E-state index is -3.19. The Labute approximate surface area is 108 Å². The van der Waals surface area contributed by atoms with Gasteiger partial charge >= 0.3 is 0 Å². The molecular formula is C12H18ClNO2S. The maximum atomic E-state index is 11.8. The summed E-state index contributed by atoms with van der Waals surface area (Å²) < 4.78 is 25.1. The van der Waals surface area contributed by atoms with E-state index in [0.29, 0.717) is 13.1 Å². The van der Waals surface area contributed by atoms with Crippen LogP contribution in [-0.4, -0.2) is 37.4 Å². The van der Waals surface area contributed by atoms with Gasteiger partial charge in [0.2, 0.25) is 10.0 Å². The van der Waals surface area contributed by atoms with E-state index >= 15 is 0 Å². The number of nitrogens with zero attached hydrogens (tertiary/aromatic N) is 1. The molecule has 1 rings (SSSR count). The summed E-state index contributed by atoms with van der Waals surface area (Å²) in [6.45, 7) is 2.85. The lowest BCUT2D eigenvalue weighted by Gasteiger charge is -2.19. The molecule has 0 bridgehead atoms. The Morgan fingerprint density at radius 2 is 1.88 bits per heavy atom. The van der Waals surface area contributed by atoms with Crippen molar-refractivity contribution in [3.63, 3.8) is 0 Å². The molecule has 1 aromatic carbocycles. The standard InChI is InChI=1S/C12H18ClNO2S/c1-2-14(17(15,16)11-9-13)10-8-12-6-4-3-5-7-12/h3-7H,2,8-11H2,1H3. The Balaban J connectivity index is 2.59. The second-order valence-corrected chi connectivity index (χ2v) is 6.20. The average molecular weight is 276 g/mol. The van der Waals surface area contributed by atoms with E-state index in [1.165, 1.54) is 4.31 Å². The van der Waals surface area contributed by atoms with E-state index in [-0.39, 0.29) is 11.6 Å². The van der Waals surface area contributed by atoms with Crippen molar-refractivity contribution in [3.8, 4) is 0 Å². The smallest absolute Gasteiger partial charge is 0.212 e. The molecule has 0 heterocycles. The van der Waals surface area contributed by atoms with Crippen LogP contribution in [-0.2, 0) is 16.4 Å². The molecule has 0 aliphatic carbocycles. The minimum Gasteiger partial charge on any atom is -0.212 e. The van der Waals surface area contributed by atoms with Crippen molar-refractivity contribution in [3.05, 3.63) is 35.9 Å². The third-order valence-corrected chi connectivity index (χ3v) is 4.93. The summed E-state index contributed by atoms with van der Waals surface area (Å²) >= 11 is 5.50. The lowest BCUT2D eigenvalue weighted by atomic mass is 10.1. The van der Waals surface area contributed by atoms with Gasteiger partial charge in [0.05, 0.1) is 5.75 Å². The summed E-state index contributed by atoms with van der Waals surface area (Å²) in [5, 5.41) is 0. The monoisotopic (exact) mass is 275 g/mol. The van der Waals surface area contributed by atoms with Crippen LogP contribution in [0.1, 0.15) is 12.5 Å². The molecule has 0 saturated heterocycles. The zero-order valence-electron chi connectivity index (χ0n) is 9.97. The third kappa shape index (κ3) is 4.66. The lowest BCUT2D eigenvalue weighted by Crippen LogP contribution is -2.35. The van der Waals surface area contributed by atoms with Crippen molar-refractivity contribution in [2.75, 3.05) is 24.7 Å². The molecule has 17 heavy (non-hydrogen) atoms. The maximum Gasteiger partial charge on any atom is 0.215 e. The fourth-order valence-electron chi connectivity index (χ4n) is 1.62. The van der Waals surface area contributed by atoms with Gasteiger partial charge in [0.15, 0.2) is 0 Å². The van der Waals surface area contributed by atoms with Crippen molar-refractivity contribution in [2.24, 2.45) is 0 Å². The Hall–Kier alpha value is -0.580. The summed E-state index contributed by atoms with van der Waals surface area (Å²) in [4.78, 5) is 0. The van der Waals surface area contributed by atoms with Gasteiger partial charge in [-0.1, -0.05) is 37.3 Å². The third-order valence-electron chi connectivity index (χ3n) is 2.57. The molecule has 5 heteroatoms. The van der Waals surface area contributed by atoms with Crippen LogP contribution in [0.25, 0.3) is 0 Å². The maximum absolute atomic E-state index is 11.8. The largest absolute Gasteiger partial charge is 0.215 e. The molecule has 0 aliphatic rings. The van der Waals surface area contributed by atoms with Crippen LogP contribution in [0.15, 0.2) is 30.3 Å². The number of sulfonamides is 1. The van der Waals surface area contributed by atoms with Crippen LogP contribution in [0.5, 0.6) is 0 Å². The van der Waals surface area contributed by atoms with Crippen LogP contribution < -0.4 is 0 Å². The second kappa shape index (κ2) is 6.99. The van der Waals surface area contributed by atoms with Gasteiger partial charge in [0.25, 0.3) is 0 Å². The van der Waals surface area contributed by atoms with Crippen LogP contribution >= 0.6 is 11.6 Å². The molecule has 0 aliphatic heterocycles. The molecule has 0 saturated carbocycles. The van der Waals surface area contributed by atoms with E-state index in [0.717, 1.165) is 12.0 Å². The average Bonchev–Trinajstić information content (AvgIpc) is 2.30. The summed E-state index contributed by atoms with van der Waals surface area (Å²) in [6.07, 6.45) is 0.732. The zero-order valence-corrected chi connectivity index (χ0v) is 11.5. The van der Waals surface area contributed by atoms with Crippen molar-refractivity contribution in [2.45, 2.75) is 13.3 Å². The molecule has 3 nitrogen and oxygen atoms in total. The SMILES string of the molecule is CCN(CCc1ccccc1)S(=O)(=O)CCCl. The predicted molar refractivity (Wildman–Crippen MR) is 71.9 cm³/mol. The number of rotatable bonds is 7. The normalized spacial score (nSPS) is 11.9. The molecule has 0 unspecified atom stereocenters. The van der Waals surface area contributed by atoms with Gasteiger partial charge in [-0.3, -0.25) is 0 Å². The number of likely N-dealkylation sites (N-methyl/N-ethyl adjacent to an activating group) is 1. The Morgan fingerprint density at radius 3 is 2.41 bits per heavy atom. The van der Waals surface area contributed by atoms with E-state index in [4.69, 9.17) is 11.6 Å². The molecular weight excluding hydrogens is 258 g/mol. The van der Waals surface area contributed by atoms with E-state index in [1.54, 1.807) is 0 Å². The number of hydrogen-bond acceptors (Lipinski definition) is 2. The Bertz CT molecular complexity index is 419. The highest BCUT2D eigenvalue weighted by Gasteiger charge is 2.18. The minimum absolute atomic E-state index is 0.0111. The van der Waals surface area contributed by atoms with Crippen LogP contribution in [0.2, 0.25) is 0 Å². The quantitative estimate of drug-likeness (QED) is 0.715. The molecule has 96 valence electrons. The first-order valence-corrected chi connectivity index (χ1v) is 7.82. The molecule has 0 aromatic heterocycles. The lowest BCUT2D eigenvalue weighted by molar-refractivity contribution is 0.432. The van der Waals surface area contributed by atoms with Gasteiger partial charge in [-0.2, -0.15) is 0 Å². The van der Waals surface area contributed by atoms with E-state index in [9.17, 15) is 8.42 Å². The Kier molecular flexibility index (Phi) is 5.95. The summed E-state index contributed by atoms with van der Waals surface area (Å²) in [5.41, 5.74) is 1.15. The first-order valence-electron chi connectivity index (χ1n) is 5.68. The van der Waals surface area contributed by atoms with E-state index in [2.05, 4.69) is 0 Å². The van der Waals surface area contributed by atoms with Crippen LogP contribution in [0.3, 0.4) is 0 Å². The molecule has 0 radical (unpaired) electrons. The number of alkyl halides is 1. The molecule has 0 fully saturated rings. The zero-order chi connectivity index (χ0) is 12.7. The van der Waals surface area contributed by atoms with Gasteiger partial charge in [-0.05, 0) is 12.0 Å². The molecule has 1 aromatic rings.